The summed E-state index contributed by atoms with van der Waals surface area (Å²) >= 11 is 0. The van der Waals surface area contributed by atoms with E-state index in [9.17, 15) is 14.4 Å². The van der Waals surface area contributed by atoms with Gasteiger partial charge in [-0.15, -0.1) is 0 Å². The van der Waals surface area contributed by atoms with Crippen molar-refractivity contribution in [2.45, 2.75) is 18.4 Å². The predicted octanol–water partition coefficient (Wildman–Crippen LogP) is 0.220. The number of esters is 1. The molecule has 2 heterocycles. The molecule has 2 aliphatic rings. The van der Waals surface area contributed by atoms with E-state index in [4.69, 9.17) is 4.74 Å². The van der Waals surface area contributed by atoms with Crippen molar-refractivity contribution in [1.29, 1.82) is 0 Å². The van der Waals surface area contributed by atoms with E-state index in [0.717, 1.165) is 4.90 Å². The Morgan fingerprint density at radius 2 is 1.91 bits per heavy atom. The van der Waals surface area contributed by atoms with Gasteiger partial charge in [-0.25, -0.2) is 9.69 Å². The average molecular weight is 317 g/mol. The van der Waals surface area contributed by atoms with Gasteiger partial charge < -0.3 is 9.47 Å². The van der Waals surface area contributed by atoms with Crippen LogP contribution in [0.1, 0.15) is 12.8 Å². The zero-order valence-corrected chi connectivity index (χ0v) is 12.7. The lowest BCUT2D eigenvalue weighted by atomic mass is 9.93. The summed E-state index contributed by atoms with van der Waals surface area (Å²) in [6.07, 6.45) is -0.0429. The molecule has 2 aliphatic heterocycles. The summed E-state index contributed by atoms with van der Waals surface area (Å²) in [5.41, 5.74) is 1.99. The Morgan fingerprint density at radius 3 is 2.52 bits per heavy atom. The standard InChI is InChI=1S/C15H15N3O5/c1-22-10-5-3-9(4-6-10)18-12(19)8-15(14(18)21)7-11(16-17-15)13(20)23-2/h3-6,17H,7-8H2,1-2H3. The normalized spacial score (nSPS) is 23.0. The van der Waals surface area contributed by atoms with Crippen LogP contribution in [-0.4, -0.2) is 43.3 Å². The maximum atomic E-state index is 12.7. The van der Waals surface area contributed by atoms with E-state index >= 15 is 0 Å². The fraction of sp³-hybridized carbons (Fsp3) is 0.333. The smallest absolute Gasteiger partial charge is 0.354 e. The van der Waals surface area contributed by atoms with Crippen LogP contribution < -0.4 is 15.1 Å². The number of ether oxygens (including phenoxy) is 2. The van der Waals surface area contributed by atoms with Crippen molar-refractivity contribution in [3.05, 3.63) is 24.3 Å². The van der Waals surface area contributed by atoms with Gasteiger partial charge in [-0.3, -0.25) is 15.0 Å². The van der Waals surface area contributed by atoms with Gasteiger partial charge in [-0.2, -0.15) is 5.10 Å². The van der Waals surface area contributed by atoms with E-state index in [1.165, 1.54) is 14.2 Å². The second-order valence-electron chi connectivity index (χ2n) is 5.33. The van der Waals surface area contributed by atoms with Gasteiger partial charge in [-0.1, -0.05) is 0 Å². The molecule has 1 spiro atoms. The minimum atomic E-state index is -1.21. The number of anilines is 1. The van der Waals surface area contributed by atoms with Crippen molar-refractivity contribution in [1.82, 2.24) is 5.43 Å². The SMILES string of the molecule is COC(=O)C1=NNC2(CC(=O)N(c3ccc(OC)cc3)C2=O)C1. The molecule has 1 fully saturated rings. The number of nitrogens with one attached hydrogen (secondary N) is 1. The van der Waals surface area contributed by atoms with Gasteiger partial charge in [-0.05, 0) is 24.3 Å². The van der Waals surface area contributed by atoms with Crippen LogP contribution in [0.5, 0.6) is 5.75 Å². The second-order valence-corrected chi connectivity index (χ2v) is 5.33. The van der Waals surface area contributed by atoms with Crippen molar-refractivity contribution in [3.8, 4) is 5.75 Å². The highest BCUT2D eigenvalue weighted by molar-refractivity contribution is 6.39. The third-order valence-corrected chi connectivity index (χ3v) is 3.94. The molecule has 1 atom stereocenters. The van der Waals surface area contributed by atoms with E-state index in [0.29, 0.717) is 11.4 Å². The Hall–Kier alpha value is -2.90. The monoisotopic (exact) mass is 317 g/mol. The van der Waals surface area contributed by atoms with E-state index in [-0.39, 0.29) is 24.5 Å². The van der Waals surface area contributed by atoms with E-state index in [1.54, 1.807) is 24.3 Å². The summed E-state index contributed by atoms with van der Waals surface area (Å²) < 4.78 is 9.66. The van der Waals surface area contributed by atoms with E-state index in [1.807, 2.05) is 0 Å². The van der Waals surface area contributed by atoms with Gasteiger partial charge in [0.2, 0.25) is 5.91 Å². The van der Waals surface area contributed by atoms with Crippen LogP contribution in [0, 0.1) is 0 Å². The fourth-order valence-electron chi connectivity index (χ4n) is 2.73. The molecule has 1 N–H and O–H groups in total. The summed E-state index contributed by atoms with van der Waals surface area (Å²) in [5, 5.41) is 3.85. The lowest BCUT2D eigenvalue weighted by molar-refractivity contribution is -0.132. The number of amides is 2. The van der Waals surface area contributed by atoms with Gasteiger partial charge in [0.25, 0.3) is 5.91 Å². The minimum absolute atomic E-state index is 0.0247. The lowest BCUT2D eigenvalue weighted by Gasteiger charge is -2.21. The largest absolute Gasteiger partial charge is 0.497 e. The van der Waals surface area contributed by atoms with Crippen LogP contribution in [0.4, 0.5) is 5.69 Å². The third-order valence-electron chi connectivity index (χ3n) is 3.94. The zero-order valence-electron chi connectivity index (χ0n) is 12.7. The first-order valence-electron chi connectivity index (χ1n) is 6.94. The minimum Gasteiger partial charge on any atom is -0.497 e. The Kier molecular flexibility index (Phi) is 3.51. The van der Waals surface area contributed by atoms with Crippen LogP contribution in [0.3, 0.4) is 0 Å². The topological polar surface area (TPSA) is 97.3 Å². The number of carbonyl (C=O) groups excluding carboxylic acids is 3. The molecule has 1 saturated heterocycles. The van der Waals surface area contributed by atoms with Crippen molar-refractivity contribution in [2.75, 3.05) is 19.1 Å². The van der Waals surface area contributed by atoms with Crippen molar-refractivity contribution in [3.63, 3.8) is 0 Å². The van der Waals surface area contributed by atoms with Gasteiger partial charge in [0.05, 0.1) is 26.3 Å². The Labute approximate surface area is 132 Å². The molecular formula is C15H15N3O5. The van der Waals surface area contributed by atoms with Crippen molar-refractivity contribution in [2.24, 2.45) is 5.10 Å². The maximum absolute atomic E-state index is 12.7. The summed E-state index contributed by atoms with van der Waals surface area (Å²) in [6, 6.07) is 6.59. The van der Waals surface area contributed by atoms with Crippen LogP contribution in [0.2, 0.25) is 0 Å². The molecule has 0 aromatic heterocycles. The fourth-order valence-corrected chi connectivity index (χ4v) is 2.73. The molecular weight excluding hydrogens is 302 g/mol. The predicted molar refractivity (Wildman–Crippen MR) is 80.0 cm³/mol. The molecule has 1 unspecified atom stereocenters. The van der Waals surface area contributed by atoms with Crippen LogP contribution in [0.25, 0.3) is 0 Å². The molecule has 0 radical (unpaired) electrons. The molecule has 3 rings (SSSR count). The number of carbonyl (C=O) groups is 3. The van der Waals surface area contributed by atoms with Crippen LogP contribution in [-0.2, 0) is 19.1 Å². The second kappa shape index (κ2) is 5.38. The number of nitrogens with zero attached hydrogens (tertiary/aromatic N) is 2. The van der Waals surface area contributed by atoms with E-state index < -0.39 is 17.4 Å². The summed E-state index contributed by atoms with van der Waals surface area (Å²) in [5.74, 6) is -0.778. The molecule has 1 aromatic carbocycles. The molecule has 120 valence electrons. The molecule has 23 heavy (non-hydrogen) atoms. The summed E-state index contributed by atoms with van der Waals surface area (Å²) in [6.45, 7) is 0. The highest BCUT2D eigenvalue weighted by Crippen LogP contribution is 2.35. The molecule has 8 heteroatoms. The van der Waals surface area contributed by atoms with Gasteiger partial charge in [0.1, 0.15) is 17.0 Å². The van der Waals surface area contributed by atoms with Gasteiger partial charge >= 0.3 is 5.97 Å². The number of hydrazone groups is 1. The number of methoxy groups -OCH3 is 2. The maximum Gasteiger partial charge on any atom is 0.354 e. The number of hydrogen-bond donors (Lipinski definition) is 1. The molecule has 8 nitrogen and oxygen atoms in total. The van der Waals surface area contributed by atoms with Crippen molar-refractivity contribution >= 4 is 29.2 Å². The molecule has 0 bridgehead atoms. The highest BCUT2D eigenvalue weighted by atomic mass is 16.5. The van der Waals surface area contributed by atoms with Crippen LogP contribution >= 0.6 is 0 Å². The lowest BCUT2D eigenvalue weighted by Crippen LogP contribution is -2.47. The Bertz CT molecular complexity index is 712. The highest BCUT2D eigenvalue weighted by Gasteiger charge is 2.56. The van der Waals surface area contributed by atoms with Gasteiger partial charge in [0, 0.05) is 6.42 Å². The van der Waals surface area contributed by atoms with Crippen LogP contribution in [0.15, 0.2) is 29.4 Å². The van der Waals surface area contributed by atoms with Crippen molar-refractivity contribution < 1.29 is 23.9 Å². The number of hydrogen-bond acceptors (Lipinski definition) is 7. The molecule has 0 aliphatic carbocycles. The Morgan fingerprint density at radius 1 is 1.22 bits per heavy atom. The molecule has 1 aromatic rings. The number of imide groups is 1. The van der Waals surface area contributed by atoms with Gasteiger partial charge in [0.15, 0.2) is 0 Å². The first-order chi connectivity index (χ1) is 11.0. The first kappa shape index (κ1) is 15.0. The summed E-state index contributed by atoms with van der Waals surface area (Å²) in [4.78, 5) is 37.7. The quantitative estimate of drug-likeness (QED) is 0.633. The molecule has 0 saturated carbocycles. The van der Waals surface area contributed by atoms with E-state index in [2.05, 4.69) is 15.3 Å². The molecule has 2 amide bonds. The zero-order chi connectivity index (χ0) is 16.6. The average Bonchev–Trinajstić information content (AvgIpc) is 3.09. The number of rotatable bonds is 3. The summed E-state index contributed by atoms with van der Waals surface area (Å²) in [7, 11) is 2.77. The first-order valence-corrected chi connectivity index (χ1v) is 6.94. The third kappa shape index (κ3) is 2.32. The Balaban J connectivity index is 1.85. The number of benzene rings is 1.